The van der Waals surface area contributed by atoms with Gasteiger partial charge >= 0.3 is 0 Å². The molecule has 1 heterocycles. The van der Waals surface area contributed by atoms with Gasteiger partial charge in [-0.2, -0.15) is 11.8 Å². The zero-order valence-electron chi connectivity index (χ0n) is 7.64. The van der Waals surface area contributed by atoms with Crippen LogP contribution >= 0.6 is 11.8 Å². The molecule has 1 aliphatic rings. The first kappa shape index (κ1) is 9.44. The molecule has 0 aliphatic carbocycles. The summed E-state index contributed by atoms with van der Waals surface area (Å²) in [5.74, 6) is 1.45. The van der Waals surface area contributed by atoms with Crippen LogP contribution in [0.4, 0.5) is 0 Å². The Balaban J connectivity index is 1.66. The van der Waals surface area contributed by atoms with Crippen LogP contribution in [0.25, 0.3) is 0 Å². The van der Waals surface area contributed by atoms with Crippen molar-refractivity contribution >= 4 is 11.8 Å². The van der Waals surface area contributed by atoms with E-state index in [0.717, 1.165) is 5.25 Å². The highest BCUT2D eigenvalue weighted by Crippen LogP contribution is 2.34. The number of hydrogen-bond acceptors (Lipinski definition) is 1. The summed E-state index contributed by atoms with van der Waals surface area (Å²) in [6.45, 7) is 2.28. The Bertz CT molecular complexity index is 86.9. The summed E-state index contributed by atoms with van der Waals surface area (Å²) in [7, 11) is 0. The first-order valence-corrected chi connectivity index (χ1v) is 6.10. The fourth-order valence-corrected chi connectivity index (χ4v) is 2.02. The summed E-state index contributed by atoms with van der Waals surface area (Å²) < 4.78 is 0. The minimum Gasteiger partial charge on any atom is -0.157 e. The Morgan fingerprint density at radius 2 is 1.73 bits per heavy atom. The van der Waals surface area contributed by atoms with Crippen molar-refractivity contribution in [3.63, 3.8) is 0 Å². The van der Waals surface area contributed by atoms with Gasteiger partial charge in [-0.15, -0.1) is 0 Å². The van der Waals surface area contributed by atoms with Crippen LogP contribution in [0.3, 0.4) is 0 Å². The van der Waals surface area contributed by atoms with E-state index in [1.165, 1.54) is 50.7 Å². The topological polar surface area (TPSA) is 0 Å². The third kappa shape index (κ3) is 5.60. The largest absolute Gasteiger partial charge is 0.157 e. The predicted molar refractivity (Wildman–Crippen MR) is 54.2 cm³/mol. The van der Waals surface area contributed by atoms with Gasteiger partial charge in [-0.25, -0.2) is 0 Å². The quantitative estimate of drug-likeness (QED) is 0.415. The Labute approximate surface area is 75.1 Å². The van der Waals surface area contributed by atoms with Gasteiger partial charge in [0.2, 0.25) is 0 Å². The van der Waals surface area contributed by atoms with E-state index in [1.807, 2.05) is 0 Å². The minimum absolute atomic E-state index is 1.07. The second kappa shape index (κ2) is 5.93. The van der Waals surface area contributed by atoms with E-state index < -0.39 is 0 Å². The normalized spacial score (nSPS) is 22.1. The molecule has 1 saturated heterocycles. The standard InChI is InChI=1S/C10H20S/c1-2-3-4-5-6-7-8-10-9-11-10/h10H,2-9H2,1H3. The monoisotopic (exact) mass is 172 g/mol. The maximum Gasteiger partial charge on any atom is 0.0138 e. The minimum atomic E-state index is 1.07. The molecule has 0 saturated carbocycles. The van der Waals surface area contributed by atoms with Crippen molar-refractivity contribution in [3.8, 4) is 0 Å². The molecule has 0 nitrogen and oxygen atoms in total. The molecule has 1 aliphatic heterocycles. The van der Waals surface area contributed by atoms with Crippen molar-refractivity contribution in [3.05, 3.63) is 0 Å². The molecule has 1 unspecified atom stereocenters. The van der Waals surface area contributed by atoms with Crippen LogP contribution < -0.4 is 0 Å². The summed E-state index contributed by atoms with van der Waals surface area (Å²) in [6, 6.07) is 0. The SMILES string of the molecule is CCCCCCCCC1CS1. The molecule has 0 aromatic heterocycles. The molecule has 0 spiro atoms. The molecule has 11 heavy (non-hydrogen) atoms. The number of rotatable bonds is 7. The van der Waals surface area contributed by atoms with Crippen molar-refractivity contribution in [2.45, 2.75) is 57.1 Å². The molecule has 1 atom stereocenters. The van der Waals surface area contributed by atoms with Gasteiger partial charge in [-0.05, 0) is 6.42 Å². The molecule has 1 heteroatoms. The van der Waals surface area contributed by atoms with Crippen molar-refractivity contribution in [1.82, 2.24) is 0 Å². The van der Waals surface area contributed by atoms with E-state index in [-0.39, 0.29) is 0 Å². The van der Waals surface area contributed by atoms with E-state index in [1.54, 1.807) is 0 Å². The second-order valence-electron chi connectivity index (χ2n) is 3.51. The van der Waals surface area contributed by atoms with E-state index in [0.29, 0.717) is 0 Å². The van der Waals surface area contributed by atoms with Crippen LogP contribution in [0, 0.1) is 0 Å². The number of hydrogen-bond donors (Lipinski definition) is 0. The molecular weight excluding hydrogens is 152 g/mol. The molecule has 1 fully saturated rings. The highest BCUT2D eigenvalue weighted by Gasteiger charge is 2.20. The Morgan fingerprint density at radius 1 is 1.09 bits per heavy atom. The maximum atomic E-state index is 2.28. The van der Waals surface area contributed by atoms with Gasteiger partial charge in [-0.1, -0.05) is 45.4 Å². The third-order valence-corrected chi connectivity index (χ3v) is 3.32. The van der Waals surface area contributed by atoms with Gasteiger partial charge in [0.1, 0.15) is 0 Å². The smallest absolute Gasteiger partial charge is 0.0138 e. The Hall–Kier alpha value is 0.350. The van der Waals surface area contributed by atoms with E-state index in [4.69, 9.17) is 0 Å². The van der Waals surface area contributed by atoms with Crippen LogP contribution in [-0.4, -0.2) is 11.0 Å². The molecule has 0 amide bonds. The van der Waals surface area contributed by atoms with Crippen molar-refractivity contribution < 1.29 is 0 Å². The van der Waals surface area contributed by atoms with Gasteiger partial charge in [0.15, 0.2) is 0 Å². The lowest BCUT2D eigenvalue weighted by Gasteiger charge is -1.98. The summed E-state index contributed by atoms with van der Waals surface area (Å²) in [5.41, 5.74) is 0. The lowest BCUT2D eigenvalue weighted by Crippen LogP contribution is -1.84. The van der Waals surface area contributed by atoms with E-state index in [9.17, 15) is 0 Å². The van der Waals surface area contributed by atoms with Crippen LogP contribution in [0.2, 0.25) is 0 Å². The molecule has 0 radical (unpaired) electrons. The fraction of sp³-hybridized carbons (Fsp3) is 1.00. The Morgan fingerprint density at radius 3 is 2.36 bits per heavy atom. The second-order valence-corrected chi connectivity index (χ2v) is 4.85. The molecule has 66 valence electrons. The number of thioether (sulfide) groups is 1. The first-order valence-electron chi connectivity index (χ1n) is 5.05. The van der Waals surface area contributed by atoms with Gasteiger partial charge in [0.05, 0.1) is 0 Å². The van der Waals surface area contributed by atoms with Gasteiger partial charge < -0.3 is 0 Å². The molecule has 0 N–H and O–H groups in total. The maximum absolute atomic E-state index is 2.28. The van der Waals surface area contributed by atoms with E-state index in [2.05, 4.69) is 18.7 Å². The number of unbranched alkanes of at least 4 members (excludes halogenated alkanes) is 5. The van der Waals surface area contributed by atoms with Crippen molar-refractivity contribution in [1.29, 1.82) is 0 Å². The molecule has 1 rings (SSSR count). The zero-order valence-corrected chi connectivity index (χ0v) is 8.46. The molecular formula is C10H20S. The zero-order chi connectivity index (χ0) is 7.94. The summed E-state index contributed by atoms with van der Waals surface area (Å²) in [4.78, 5) is 0. The third-order valence-electron chi connectivity index (χ3n) is 2.28. The van der Waals surface area contributed by atoms with Gasteiger partial charge in [0, 0.05) is 11.0 Å². The van der Waals surface area contributed by atoms with Crippen LogP contribution in [0.1, 0.15) is 51.9 Å². The lowest BCUT2D eigenvalue weighted by molar-refractivity contribution is 0.595. The highest BCUT2D eigenvalue weighted by atomic mass is 32.2. The molecule has 0 bridgehead atoms. The highest BCUT2D eigenvalue weighted by molar-refractivity contribution is 8.06. The van der Waals surface area contributed by atoms with Gasteiger partial charge in [0.25, 0.3) is 0 Å². The van der Waals surface area contributed by atoms with Crippen molar-refractivity contribution in [2.24, 2.45) is 0 Å². The first-order chi connectivity index (χ1) is 5.43. The summed E-state index contributed by atoms with van der Waals surface area (Å²) in [6.07, 6.45) is 10.2. The van der Waals surface area contributed by atoms with Crippen molar-refractivity contribution in [2.75, 3.05) is 5.75 Å². The van der Waals surface area contributed by atoms with E-state index >= 15 is 0 Å². The summed E-state index contributed by atoms with van der Waals surface area (Å²) in [5, 5.41) is 1.07. The lowest BCUT2D eigenvalue weighted by atomic mass is 10.1. The average Bonchev–Trinajstić information content (AvgIpc) is 2.80. The molecule has 0 aromatic carbocycles. The summed E-state index contributed by atoms with van der Waals surface area (Å²) >= 11 is 2.14. The predicted octanol–water partition coefficient (Wildman–Crippen LogP) is 3.85. The molecule has 0 aromatic rings. The Kier molecular flexibility index (Phi) is 5.09. The van der Waals surface area contributed by atoms with Gasteiger partial charge in [-0.3, -0.25) is 0 Å². The fourth-order valence-electron chi connectivity index (χ4n) is 1.39. The van der Waals surface area contributed by atoms with Crippen LogP contribution in [0.5, 0.6) is 0 Å². The van der Waals surface area contributed by atoms with Crippen LogP contribution in [-0.2, 0) is 0 Å². The van der Waals surface area contributed by atoms with Crippen LogP contribution in [0.15, 0.2) is 0 Å². The average molecular weight is 172 g/mol.